The van der Waals surface area contributed by atoms with Crippen molar-refractivity contribution in [3.63, 3.8) is 0 Å². The molecular weight excluding hydrogens is 312 g/mol. The highest BCUT2D eigenvalue weighted by molar-refractivity contribution is 5.92. The van der Waals surface area contributed by atoms with E-state index >= 15 is 0 Å². The summed E-state index contributed by atoms with van der Waals surface area (Å²) in [6, 6.07) is 11.2. The van der Waals surface area contributed by atoms with Crippen LogP contribution in [0.1, 0.15) is 22.3 Å². The number of carboxylic acids is 2. The molecule has 2 atom stereocenters. The zero-order chi connectivity index (χ0) is 18.1. The normalized spacial score (nSPS) is 16.0. The van der Waals surface area contributed by atoms with E-state index in [9.17, 15) is 30.0 Å². The number of carbonyl (C=O) groups is 2. The van der Waals surface area contributed by atoms with Crippen LogP contribution in [0.5, 0.6) is 0 Å². The SMILES string of the molecule is Cc1ccc(C(O)(C(=O)O)[C@@](O)(C(=O)O)c2ccc(C)cc2)cc1. The van der Waals surface area contributed by atoms with Crippen molar-refractivity contribution in [2.24, 2.45) is 0 Å². The molecule has 0 saturated carbocycles. The summed E-state index contributed by atoms with van der Waals surface area (Å²) in [6.07, 6.45) is 0. The van der Waals surface area contributed by atoms with E-state index in [1.54, 1.807) is 13.8 Å². The summed E-state index contributed by atoms with van der Waals surface area (Å²) < 4.78 is 0. The van der Waals surface area contributed by atoms with Gasteiger partial charge in [0.15, 0.2) is 0 Å². The van der Waals surface area contributed by atoms with E-state index < -0.39 is 23.1 Å². The second-order valence-electron chi connectivity index (χ2n) is 5.76. The summed E-state index contributed by atoms with van der Waals surface area (Å²) in [5, 5.41) is 40.8. The molecule has 6 nitrogen and oxygen atoms in total. The molecule has 0 aliphatic heterocycles. The first-order chi connectivity index (χ1) is 11.1. The molecule has 0 spiro atoms. The Kier molecular flexibility index (Phi) is 4.46. The van der Waals surface area contributed by atoms with Gasteiger partial charge in [-0.15, -0.1) is 0 Å². The fraction of sp³-hybridized carbons (Fsp3) is 0.222. The molecule has 1 unspecified atom stereocenters. The fourth-order valence-electron chi connectivity index (χ4n) is 2.56. The van der Waals surface area contributed by atoms with Crippen LogP contribution in [0.15, 0.2) is 48.5 Å². The maximum absolute atomic E-state index is 11.8. The van der Waals surface area contributed by atoms with Crippen LogP contribution < -0.4 is 0 Å². The zero-order valence-electron chi connectivity index (χ0n) is 13.2. The molecule has 0 aliphatic carbocycles. The van der Waals surface area contributed by atoms with Gasteiger partial charge in [-0.25, -0.2) is 9.59 Å². The lowest BCUT2D eigenvalue weighted by Gasteiger charge is -2.37. The molecule has 0 aromatic heterocycles. The summed E-state index contributed by atoms with van der Waals surface area (Å²) in [7, 11) is 0. The maximum atomic E-state index is 11.8. The van der Waals surface area contributed by atoms with E-state index in [4.69, 9.17) is 0 Å². The highest BCUT2D eigenvalue weighted by Crippen LogP contribution is 2.41. The molecule has 0 bridgehead atoms. The first-order valence-corrected chi connectivity index (χ1v) is 7.20. The number of rotatable bonds is 5. The topological polar surface area (TPSA) is 115 Å². The highest BCUT2D eigenvalue weighted by Gasteiger charge is 2.63. The minimum absolute atomic E-state index is 0.230. The zero-order valence-corrected chi connectivity index (χ0v) is 13.2. The van der Waals surface area contributed by atoms with Crippen molar-refractivity contribution in [2.45, 2.75) is 25.0 Å². The number of hydrogen-bond acceptors (Lipinski definition) is 4. The Morgan fingerprint density at radius 2 is 0.917 bits per heavy atom. The van der Waals surface area contributed by atoms with Crippen molar-refractivity contribution in [1.29, 1.82) is 0 Å². The number of carboxylic acid groups (broad SMARTS) is 2. The molecule has 0 radical (unpaired) electrons. The summed E-state index contributed by atoms with van der Waals surface area (Å²) >= 11 is 0. The first kappa shape index (κ1) is 17.7. The van der Waals surface area contributed by atoms with Gasteiger partial charge in [0.2, 0.25) is 11.2 Å². The maximum Gasteiger partial charge on any atom is 0.344 e. The molecule has 24 heavy (non-hydrogen) atoms. The van der Waals surface area contributed by atoms with Crippen LogP contribution >= 0.6 is 0 Å². The van der Waals surface area contributed by atoms with Crippen LogP contribution in [0.2, 0.25) is 0 Å². The molecule has 6 heteroatoms. The van der Waals surface area contributed by atoms with Crippen LogP contribution in [0.4, 0.5) is 0 Å². The predicted octanol–water partition coefficient (Wildman–Crippen LogP) is 1.55. The van der Waals surface area contributed by atoms with Gasteiger partial charge in [-0.1, -0.05) is 59.7 Å². The molecule has 126 valence electrons. The van der Waals surface area contributed by atoms with Gasteiger partial charge in [0.05, 0.1) is 0 Å². The Morgan fingerprint density at radius 3 is 1.12 bits per heavy atom. The summed E-state index contributed by atoms with van der Waals surface area (Å²) in [6.45, 7) is 3.51. The van der Waals surface area contributed by atoms with E-state index in [2.05, 4.69) is 0 Å². The largest absolute Gasteiger partial charge is 0.479 e. The smallest absolute Gasteiger partial charge is 0.344 e. The van der Waals surface area contributed by atoms with Crippen LogP contribution in [-0.2, 0) is 20.8 Å². The standard InChI is InChI=1S/C18H18O6/c1-11-3-7-13(8-4-11)17(23,15(19)20)18(24,16(21)22)14-9-5-12(2)6-10-14/h3-10,23-24H,1-2H3,(H,19,20)(H,21,22)/t17-,18?/m0/s1. The lowest BCUT2D eigenvalue weighted by atomic mass is 9.73. The first-order valence-electron chi connectivity index (χ1n) is 7.20. The van der Waals surface area contributed by atoms with E-state index in [1.807, 2.05) is 0 Å². The van der Waals surface area contributed by atoms with Crippen molar-refractivity contribution in [1.82, 2.24) is 0 Å². The van der Waals surface area contributed by atoms with E-state index in [-0.39, 0.29) is 11.1 Å². The number of aliphatic carboxylic acids is 2. The monoisotopic (exact) mass is 330 g/mol. The molecule has 2 aromatic carbocycles. The number of benzene rings is 2. The molecule has 2 rings (SSSR count). The molecule has 0 amide bonds. The van der Waals surface area contributed by atoms with E-state index in [1.165, 1.54) is 48.5 Å². The van der Waals surface area contributed by atoms with E-state index in [0.717, 1.165) is 11.1 Å². The molecule has 0 saturated heterocycles. The molecular formula is C18H18O6. The minimum atomic E-state index is -3.07. The molecule has 0 fully saturated rings. The number of hydrogen-bond donors (Lipinski definition) is 4. The summed E-state index contributed by atoms with van der Waals surface area (Å²) in [5.74, 6) is -3.73. The predicted molar refractivity (Wildman–Crippen MR) is 85.4 cm³/mol. The van der Waals surface area contributed by atoms with Gasteiger partial charge in [-0.3, -0.25) is 0 Å². The Bertz CT molecular complexity index is 698. The van der Waals surface area contributed by atoms with Crippen molar-refractivity contribution in [3.05, 3.63) is 70.8 Å². The second kappa shape index (κ2) is 6.07. The van der Waals surface area contributed by atoms with Crippen molar-refractivity contribution < 1.29 is 30.0 Å². The minimum Gasteiger partial charge on any atom is -0.479 e. The summed E-state index contributed by atoms with van der Waals surface area (Å²) in [5.41, 5.74) is -5.01. The van der Waals surface area contributed by atoms with Crippen LogP contribution in [0, 0.1) is 13.8 Å². The van der Waals surface area contributed by atoms with Crippen LogP contribution in [0.25, 0.3) is 0 Å². The van der Waals surface area contributed by atoms with Gasteiger partial charge < -0.3 is 20.4 Å². The quantitative estimate of drug-likeness (QED) is 0.661. The Morgan fingerprint density at radius 1 is 0.667 bits per heavy atom. The van der Waals surface area contributed by atoms with Crippen molar-refractivity contribution in [3.8, 4) is 0 Å². The average Bonchev–Trinajstić information content (AvgIpc) is 2.54. The number of aryl methyl sites for hydroxylation is 2. The highest BCUT2D eigenvalue weighted by atomic mass is 16.5. The second-order valence-corrected chi connectivity index (χ2v) is 5.76. The van der Waals surface area contributed by atoms with Gasteiger partial charge in [-0.2, -0.15) is 0 Å². The fourth-order valence-corrected chi connectivity index (χ4v) is 2.56. The van der Waals surface area contributed by atoms with Gasteiger partial charge in [0, 0.05) is 0 Å². The third-order valence-corrected chi connectivity index (χ3v) is 4.08. The van der Waals surface area contributed by atoms with Crippen LogP contribution in [-0.4, -0.2) is 32.4 Å². The molecule has 0 aliphatic rings. The van der Waals surface area contributed by atoms with Gasteiger partial charge in [0.1, 0.15) is 0 Å². The Hall–Kier alpha value is -2.70. The van der Waals surface area contributed by atoms with Crippen molar-refractivity contribution >= 4 is 11.9 Å². The Balaban J connectivity index is 2.77. The molecule has 2 aromatic rings. The number of aliphatic hydroxyl groups is 2. The van der Waals surface area contributed by atoms with Gasteiger partial charge in [-0.05, 0) is 25.0 Å². The van der Waals surface area contributed by atoms with Crippen LogP contribution in [0.3, 0.4) is 0 Å². The lowest BCUT2D eigenvalue weighted by molar-refractivity contribution is -0.213. The summed E-state index contributed by atoms with van der Waals surface area (Å²) in [4.78, 5) is 23.6. The molecule has 0 heterocycles. The third-order valence-electron chi connectivity index (χ3n) is 4.08. The lowest BCUT2D eigenvalue weighted by Crippen LogP contribution is -2.59. The third kappa shape index (κ3) is 2.55. The average molecular weight is 330 g/mol. The van der Waals surface area contributed by atoms with Gasteiger partial charge >= 0.3 is 11.9 Å². The Labute approximate surface area is 138 Å². The van der Waals surface area contributed by atoms with Gasteiger partial charge in [0.25, 0.3) is 0 Å². The van der Waals surface area contributed by atoms with E-state index in [0.29, 0.717) is 0 Å². The molecule has 4 N–H and O–H groups in total. The van der Waals surface area contributed by atoms with Crippen molar-refractivity contribution in [2.75, 3.05) is 0 Å².